The van der Waals surface area contributed by atoms with Gasteiger partial charge in [-0.2, -0.15) is 0 Å². The lowest BCUT2D eigenvalue weighted by Gasteiger charge is -2.12. The third kappa shape index (κ3) is 2.95. The number of nitrogens with two attached hydrogens (primary N) is 1. The first kappa shape index (κ1) is 11.9. The highest BCUT2D eigenvalue weighted by Crippen LogP contribution is 2.25. The van der Waals surface area contributed by atoms with E-state index in [0.29, 0.717) is 5.92 Å². The van der Waals surface area contributed by atoms with Crippen LogP contribution in [0.5, 0.6) is 0 Å². The molecule has 0 aliphatic carbocycles. The molecule has 0 saturated carbocycles. The molecule has 1 heteroatoms. The first-order valence-electron chi connectivity index (χ1n) is 6.16. The van der Waals surface area contributed by atoms with Crippen LogP contribution in [0.15, 0.2) is 54.6 Å². The number of rotatable bonds is 4. The van der Waals surface area contributed by atoms with Gasteiger partial charge in [-0.1, -0.05) is 61.5 Å². The zero-order chi connectivity index (χ0) is 12.1. The Morgan fingerprint density at radius 3 is 2.35 bits per heavy atom. The highest BCUT2D eigenvalue weighted by atomic mass is 14.5. The monoisotopic (exact) mass is 225 g/mol. The Hall–Kier alpha value is -1.60. The molecule has 17 heavy (non-hydrogen) atoms. The standard InChI is InChI=1S/C16H19N/c1-13(10-11-17)15-8-5-9-16(12-15)14-6-3-2-4-7-14/h2-9,12-13H,10-11,17H2,1H3. The zero-order valence-corrected chi connectivity index (χ0v) is 10.3. The van der Waals surface area contributed by atoms with Crippen molar-refractivity contribution in [3.8, 4) is 11.1 Å². The quantitative estimate of drug-likeness (QED) is 0.841. The fraction of sp³-hybridized carbons (Fsp3) is 0.250. The van der Waals surface area contributed by atoms with Crippen molar-refractivity contribution in [3.63, 3.8) is 0 Å². The van der Waals surface area contributed by atoms with Gasteiger partial charge in [-0.25, -0.2) is 0 Å². The largest absolute Gasteiger partial charge is 0.330 e. The molecule has 2 rings (SSSR count). The van der Waals surface area contributed by atoms with Crippen LogP contribution in [0.25, 0.3) is 11.1 Å². The summed E-state index contributed by atoms with van der Waals surface area (Å²) >= 11 is 0. The van der Waals surface area contributed by atoms with E-state index in [-0.39, 0.29) is 0 Å². The Kier molecular flexibility index (Phi) is 3.94. The van der Waals surface area contributed by atoms with Crippen molar-refractivity contribution in [1.29, 1.82) is 0 Å². The predicted molar refractivity (Wildman–Crippen MR) is 74.0 cm³/mol. The molecule has 2 aromatic rings. The Morgan fingerprint density at radius 2 is 1.65 bits per heavy atom. The number of hydrogen-bond acceptors (Lipinski definition) is 1. The molecule has 0 saturated heterocycles. The van der Waals surface area contributed by atoms with Crippen molar-refractivity contribution < 1.29 is 0 Å². The molecule has 0 amide bonds. The summed E-state index contributed by atoms with van der Waals surface area (Å²) in [6.07, 6.45) is 1.04. The van der Waals surface area contributed by atoms with Gasteiger partial charge in [0.1, 0.15) is 0 Å². The van der Waals surface area contributed by atoms with E-state index < -0.39 is 0 Å². The normalized spacial score (nSPS) is 12.4. The highest BCUT2D eigenvalue weighted by molar-refractivity contribution is 5.64. The molecule has 2 N–H and O–H groups in total. The van der Waals surface area contributed by atoms with E-state index in [1.165, 1.54) is 16.7 Å². The van der Waals surface area contributed by atoms with Gasteiger partial charge < -0.3 is 5.73 Å². The van der Waals surface area contributed by atoms with Gasteiger partial charge in [-0.3, -0.25) is 0 Å². The molecule has 0 radical (unpaired) electrons. The van der Waals surface area contributed by atoms with Crippen molar-refractivity contribution in [1.82, 2.24) is 0 Å². The Balaban J connectivity index is 2.29. The molecule has 0 bridgehead atoms. The second kappa shape index (κ2) is 5.65. The summed E-state index contributed by atoms with van der Waals surface area (Å²) in [7, 11) is 0. The first-order chi connectivity index (χ1) is 8.31. The third-order valence-corrected chi connectivity index (χ3v) is 3.16. The van der Waals surface area contributed by atoms with Gasteiger partial charge >= 0.3 is 0 Å². The van der Waals surface area contributed by atoms with Crippen LogP contribution in [0.3, 0.4) is 0 Å². The van der Waals surface area contributed by atoms with E-state index in [2.05, 4.69) is 55.5 Å². The smallest absolute Gasteiger partial charge is 0.00715 e. The average molecular weight is 225 g/mol. The Labute approximate surface area is 103 Å². The lowest BCUT2D eigenvalue weighted by molar-refractivity contribution is 0.690. The van der Waals surface area contributed by atoms with Crippen LogP contribution in [0.1, 0.15) is 24.8 Å². The summed E-state index contributed by atoms with van der Waals surface area (Å²) in [6.45, 7) is 2.98. The van der Waals surface area contributed by atoms with E-state index in [1.807, 2.05) is 6.07 Å². The molecule has 0 heterocycles. The molecule has 1 unspecified atom stereocenters. The van der Waals surface area contributed by atoms with Crippen LogP contribution in [-0.2, 0) is 0 Å². The van der Waals surface area contributed by atoms with Gasteiger partial charge in [0.25, 0.3) is 0 Å². The van der Waals surface area contributed by atoms with Crippen molar-refractivity contribution in [2.75, 3.05) is 6.54 Å². The molecular formula is C16H19N. The summed E-state index contributed by atoms with van der Waals surface area (Å²) < 4.78 is 0. The molecule has 88 valence electrons. The summed E-state index contributed by atoms with van der Waals surface area (Å²) in [5.41, 5.74) is 9.54. The topological polar surface area (TPSA) is 26.0 Å². The Morgan fingerprint density at radius 1 is 0.941 bits per heavy atom. The molecule has 0 aliphatic heterocycles. The highest BCUT2D eigenvalue weighted by Gasteiger charge is 2.05. The van der Waals surface area contributed by atoms with Crippen molar-refractivity contribution in [2.24, 2.45) is 5.73 Å². The maximum absolute atomic E-state index is 5.62. The Bertz CT molecular complexity index is 462. The predicted octanol–water partition coefficient (Wildman–Crippen LogP) is 3.81. The minimum atomic E-state index is 0.531. The number of hydrogen-bond donors (Lipinski definition) is 1. The molecule has 0 fully saturated rings. The van der Waals surface area contributed by atoms with Crippen LogP contribution < -0.4 is 5.73 Å². The third-order valence-electron chi connectivity index (χ3n) is 3.16. The van der Waals surface area contributed by atoms with Crippen LogP contribution in [0.2, 0.25) is 0 Å². The lowest BCUT2D eigenvalue weighted by atomic mass is 9.94. The molecule has 1 nitrogen and oxygen atoms in total. The second-order valence-electron chi connectivity index (χ2n) is 4.47. The SMILES string of the molecule is CC(CCN)c1cccc(-c2ccccc2)c1. The summed E-state index contributed by atoms with van der Waals surface area (Å²) in [4.78, 5) is 0. The van der Waals surface area contributed by atoms with Gasteiger partial charge in [0.05, 0.1) is 0 Å². The zero-order valence-electron chi connectivity index (χ0n) is 10.3. The minimum absolute atomic E-state index is 0.531. The van der Waals surface area contributed by atoms with Crippen LogP contribution in [0, 0.1) is 0 Å². The molecular weight excluding hydrogens is 206 g/mol. The molecule has 1 atom stereocenters. The summed E-state index contributed by atoms with van der Waals surface area (Å²) in [5.74, 6) is 0.531. The first-order valence-corrected chi connectivity index (χ1v) is 6.16. The average Bonchev–Trinajstić information content (AvgIpc) is 2.40. The van der Waals surface area contributed by atoms with E-state index in [4.69, 9.17) is 5.73 Å². The van der Waals surface area contributed by atoms with Crippen LogP contribution >= 0.6 is 0 Å². The second-order valence-corrected chi connectivity index (χ2v) is 4.47. The summed E-state index contributed by atoms with van der Waals surface area (Å²) in [6, 6.07) is 19.2. The van der Waals surface area contributed by atoms with Crippen molar-refractivity contribution in [2.45, 2.75) is 19.3 Å². The van der Waals surface area contributed by atoms with Crippen molar-refractivity contribution in [3.05, 3.63) is 60.2 Å². The van der Waals surface area contributed by atoms with Gasteiger partial charge in [0.15, 0.2) is 0 Å². The number of benzene rings is 2. The van der Waals surface area contributed by atoms with Gasteiger partial charge in [0, 0.05) is 0 Å². The van der Waals surface area contributed by atoms with Gasteiger partial charge in [-0.15, -0.1) is 0 Å². The van der Waals surface area contributed by atoms with Gasteiger partial charge in [-0.05, 0) is 35.6 Å². The van der Waals surface area contributed by atoms with Gasteiger partial charge in [0.2, 0.25) is 0 Å². The maximum atomic E-state index is 5.62. The lowest BCUT2D eigenvalue weighted by Crippen LogP contribution is -2.04. The van der Waals surface area contributed by atoms with Crippen LogP contribution in [0.4, 0.5) is 0 Å². The van der Waals surface area contributed by atoms with Crippen LogP contribution in [-0.4, -0.2) is 6.54 Å². The summed E-state index contributed by atoms with van der Waals surface area (Å²) in [5, 5.41) is 0. The van der Waals surface area contributed by atoms with Crippen molar-refractivity contribution >= 4 is 0 Å². The van der Waals surface area contributed by atoms with E-state index in [1.54, 1.807) is 0 Å². The van der Waals surface area contributed by atoms with E-state index in [9.17, 15) is 0 Å². The van der Waals surface area contributed by atoms with E-state index >= 15 is 0 Å². The van der Waals surface area contributed by atoms with E-state index in [0.717, 1.165) is 13.0 Å². The maximum Gasteiger partial charge on any atom is -0.00715 e. The molecule has 0 spiro atoms. The molecule has 0 aliphatic rings. The fourth-order valence-corrected chi connectivity index (χ4v) is 2.07. The molecule has 0 aromatic heterocycles. The minimum Gasteiger partial charge on any atom is -0.330 e. The molecule has 2 aromatic carbocycles. The fourth-order valence-electron chi connectivity index (χ4n) is 2.07.